The molecule has 1 heterocycles. The van der Waals surface area contributed by atoms with Crippen LogP contribution in [0.5, 0.6) is 0 Å². The van der Waals surface area contributed by atoms with E-state index in [1.54, 1.807) is 0 Å². The van der Waals surface area contributed by atoms with Gasteiger partial charge in [0.25, 0.3) is 0 Å². The van der Waals surface area contributed by atoms with Crippen LogP contribution >= 0.6 is 0 Å². The predicted octanol–water partition coefficient (Wildman–Crippen LogP) is 4.91. The molecule has 1 saturated carbocycles. The molecule has 1 nitrogen and oxygen atoms in total. The van der Waals surface area contributed by atoms with Crippen LogP contribution in [0.15, 0.2) is 48.8 Å². The van der Waals surface area contributed by atoms with Gasteiger partial charge < -0.3 is 0 Å². The Morgan fingerprint density at radius 1 is 1.11 bits per heavy atom. The molecule has 2 atom stereocenters. The van der Waals surface area contributed by atoms with E-state index in [0.29, 0.717) is 0 Å². The molecule has 96 valence electrons. The SMILES string of the molecule is C1=CC2CC2c2cccc(-c3cccnc3)c21.CC. The van der Waals surface area contributed by atoms with Crippen LogP contribution in [0.2, 0.25) is 0 Å². The summed E-state index contributed by atoms with van der Waals surface area (Å²) in [6.07, 6.45) is 9.77. The summed E-state index contributed by atoms with van der Waals surface area (Å²) >= 11 is 0. The number of hydrogen-bond acceptors (Lipinski definition) is 1. The number of benzene rings is 1. The lowest BCUT2D eigenvalue weighted by Gasteiger charge is -2.14. The highest BCUT2D eigenvalue weighted by Gasteiger charge is 2.39. The first-order chi connectivity index (χ1) is 9.43. The van der Waals surface area contributed by atoms with E-state index in [1.165, 1.54) is 28.7 Å². The number of hydrogen-bond donors (Lipinski definition) is 0. The number of aromatic nitrogens is 1. The van der Waals surface area contributed by atoms with Gasteiger partial charge in [0.1, 0.15) is 0 Å². The largest absolute Gasteiger partial charge is 0.264 e. The minimum Gasteiger partial charge on any atom is -0.264 e. The van der Waals surface area contributed by atoms with E-state index in [9.17, 15) is 0 Å². The first-order valence-electron chi connectivity index (χ1n) is 7.15. The summed E-state index contributed by atoms with van der Waals surface area (Å²) in [6, 6.07) is 10.8. The van der Waals surface area contributed by atoms with E-state index in [1.807, 2.05) is 32.3 Å². The molecule has 0 N–H and O–H groups in total. The van der Waals surface area contributed by atoms with Gasteiger partial charge >= 0.3 is 0 Å². The second-order valence-corrected chi connectivity index (χ2v) is 4.92. The van der Waals surface area contributed by atoms with Crippen LogP contribution in [0.25, 0.3) is 17.2 Å². The Hall–Kier alpha value is -1.89. The van der Waals surface area contributed by atoms with Crippen LogP contribution in [-0.2, 0) is 0 Å². The number of rotatable bonds is 1. The van der Waals surface area contributed by atoms with Crippen molar-refractivity contribution >= 4 is 6.08 Å². The molecule has 4 rings (SSSR count). The topological polar surface area (TPSA) is 12.9 Å². The molecule has 1 heteroatoms. The van der Waals surface area contributed by atoms with Crippen molar-refractivity contribution in [2.24, 2.45) is 5.92 Å². The normalized spacial score (nSPS) is 21.8. The maximum Gasteiger partial charge on any atom is 0.0346 e. The van der Waals surface area contributed by atoms with Crippen LogP contribution in [0.1, 0.15) is 37.3 Å². The standard InChI is InChI=1S/C16H13N.C2H6/c1-4-13(12-3-2-8-17-10-12)15-7-6-11-9-16(11)14(15)5-1;1-2/h1-8,10-11,16H,9H2;1-2H3. The summed E-state index contributed by atoms with van der Waals surface area (Å²) in [5.74, 6) is 1.60. The van der Waals surface area contributed by atoms with Gasteiger partial charge in [0, 0.05) is 18.0 Å². The highest BCUT2D eigenvalue weighted by molar-refractivity contribution is 5.79. The summed E-state index contributed by atoms with van der Waals surface area (Å²) in [5, 5.41) is 0. The molecule has 2 aliphatic carbocycles. The van der Waals surface area contributed by atoms with Crippen molar-refractivity contribution in [1.29, 1.82) is 0 Å². The fourth-order valence-electron chi connectivity index (χ4n) is 2.87. The third-order valence-electron chi connectivity index (χ3n) is 3.86. The summed E-state index contributed by atoms with van der Waals surface area (Å²) in [4.78, 5) is 4.22. The first kappa shape index (κ1) is 12.2. The Morgan fingerprint density at radius 2 is 2.00 bits per heavy atom. The first-order valence-corrected chi connectivity index (χ1v) is 7.15. The predicted molar refractivity (Wildman–Crippen MR) is 80.9 cm³/mol. The van der Waals surface area contributed by atoms with E-state index < -0.39 is 0 Å². The fraction of sp³-hybridized carbons (Fsp3) is 0.278. The molecule has 0 spiro atoms. The molecule has 1 aromatic carbocycles. The van der Waals surface area contributed by atoms with E-state index in [4.69, 9.17) is 0 Å². The second kappa shape index (κ2) is 5.00. The van der Waals surface area contributed by atoms with Crippen molar-refractivity contribution in [3.05, 3.63) is 59.9 Å². The smallest absolute Gasteiger partial charge is 0.0346 e. The van der Waals surface area contributed by atoms with Crippen molar-refractivity contribution in [2.45, 2.75) is 26.2 Å². The molecule has 1 fully saturated rings. The molecular formula is C18H19N. The number of nitrogens with zero attached hydrogens (tertiary/aromatic N) is 1. The highest BCUT2D eigenvalue weighted by atomic mass is 14.6. The minimum absolute atomic E-state index is 0.784. The lowest BCUT2D eigenvalue weighted by Crippen LogP contribution is -1.95. The van der Waals surface area contributed by atoms with Crippen molar-refractivity contribution < 1.29 is 0 Å². The number of pyridine rings is 1. The highest BCUT2D eigenvalue weighted by Crippen LogP contribution is 2.53. The quantitative estimate of drug-likeness (QED) is 0.700. The van der Waals surface area contributed by atoms with Crippen LogP contribution < -0.4 is 0 Å². The summed E-state index contributed by atoms with van der Waals surface area (Å²) in [7, 11) is 0. The molecule has 0 radical (unpaired) electrons. The average molecular weight is 249 g/mol. The number of fused-ring (bicyclic) bond motifs is 3. The van der Waals surface area contributed by atoms with Gasteiger partial charge in [-0.25, -0.2) is 0 Å². The molecular weight excluding hydrogens is 230 g/mol. The Morgan fingerprint density at radius 3 is 2.79 bits per heavy atom. The Bertz CT molecular complexity index is 598. The fourth-order valence-corrected chi connectivity index (χ4v) is 2.87. The van der Waals surface area contributed by atoms with Gasteiger partial charge in [-0.2, -0.15) is 0 Å². The molecule has 0 amide bonds. The molecule has 19 heavy (non-hydrogen) atoms. The van der Waals surface area contributed by atoms with E-state index >= 15 is 0 Å². The molecule has 2 unspecified atom stereocenters. The van der Waals surface area contributed by atoms with Gasteiger partial charge in [-0.05, 0) is 41.0 Å². The second-order valence-electron chi connectivity index (χ2n) is 4.92. The third-order valence-corrected chi connectivity index (χ3v) is 3.86. The molecule has 2 aliphatic rings. The summed E-state index contributed by atoms with van der Waals surface area (Å²) < 4.78 is 0. The van der Waals surface area contributed by atoms with E-state index in [-0.39, 0.29) is 0 Å². The molecule has 0 aliphatic heterocycles. The van der Waals surface area contributed by atoms with E-state index in [0.717, 1.165) is 11.8 Å². The maximum atomic E-state index is 4.22. The van der Waals surface area contributed by atoms with Crippen molar-refractivity contribution in [1.82, 2.24) is 4.98 Å². The van der Waals surface area contributed by atoms with Gasteiger partial charge in [-0.3, -0.25) is 4.98 Å². The van der Waals surface area contributed by atoms with Crippen LogP contribution in [0.3, 0.4) is 0 Å². The monoisotopic (exact) mass is 249 g/mol. The minimum atomic E-state index is 0.784. The summed E-state index contributed by atoms with van der Waals surface area (Å²) in [6.45, 7) is 4.00. The zero-order chi connectivity index (χ0) is 13.2. The summed E-state index contributed by atoms with van der Waals surface area (Å²) in [5.41, 5.74) is 5.46. The molecule has 2 aromatic rings. The van der Waals surface area contributed by atoms with Crippen molar-refractivity contribution in [3.63, 3.8) is 0 Å². The Labute approximate surface area is 115 Å². The number of allylic oxidation sites excluding steroid dienone is 1. The maximum absolute atomic E-state index is 4.22. The molecule has 0 bridgehead atoms. The van der Waals surface area contributed by atoms with Crippen LogP contribution in [-0.4, -0.2) is 4.98 Å². The van der Waals surface area contributed by atoms with Crippen LogP contribution in [0.4, 0.5) is 0 Å². The average Bonchev–Trinajstić information content (AvgIpc) is 3.29. The van der Waals surface area contributed by atoms with E-state index in [2.05, 4.69) is 41.4 Å². The van der Waals surface area contributed by atoms with Crippen molar-refractivity contribution in [2.75, 3.05) is 0 Å². The van der Waals surface area contributed by atoms with Crippen LogP contribution in [0, 0.1) is 5.92 Å². The lowest BCUT2D eigenvalue weighted by atomic mass is 9.90. The lowest BCUT2D eigenvalue weighted by molar-refractivity contribution is 0.996. The van der Waals surface area contributed by atoms with Gasteiger partial charge in [-0.15, -0.1) is 0 Å². The molecule has 1 aromatic heterocycles. The zero-order valence-electron chi connectivity index (χ0n) is 11.5. The van der Waals surface area contributed by atoms with Gasteiger partial charge in [0.2, 0.25) is 0 Å². The Kier molecular flexibility index (Phi) is 3.20. The van der Waals surface area contributed by atoms with Gasteiger partial charge in [0.05, 0.1) is 0 Å². The van der Waals surface area contributed by atoms with Gasteiger partial charge in [0.15, 0.2) is 0 Å². The van der Waals surface area contributed by atoms with Gasteiger partial charge in [-0.1, -0.05) is 50.3 Å². The van der Waals surface area contributed by atoms with Crippen molar-refractivity contribution in [3.8, 4) is 11.1 Å². The zero-order valence-corrected chi connectivity index (χ0v) is 11.5. The third kappa shape index (κ3) is 2.10. The molecule has 0 saturated heterocycles. The Balaban J connectivity index is 0.000000528.